The SMILES string of the molecule is Cc1ccc(OCCN2CCOC(C(C)N)C2)cc1. The molecule has 2 atom stereocenters. The average molecular weight is 264 g/mol. The fraction of sp³-hybridized carbons (Fsp3) is 0.600. The van der Waals surface area contributed by atoms with E-state index < -0.39 is 0 Å². The van der Waals surface area contributed by atoms with Crippen molar-refractivity contribution in [1.29, 1.82) is 0 Å². The Kier molecular flexibility index (Phi) is 5.19. The number of aryl methyl sites for hydroxylation is 1. The lowest BCUT2D eigenvalue weighted by Crippen LogP contribution is -2.50. The Labute approximate surface area is 115 Å². The van der Waals surface area contributed by atoms with E-state index in [2.05, 4.69) is 24.0 Å². The second kappa shape index (κ2) is 6.89. The van der Waals surface area contributed by atoms with Crippen molar-refractivity contribution in [1.82, 2.24) is 4.90 Å². The topological polar surface area (TPSA) is 47.7 Å². The van der Waals surface area contributed by atoms with E-state index in [1.165, 1.54) is 5.56 Å². The van der Waals surface area contributed by atoms with Gasteiger partial charge in [0.25, 0.3) is 0 Å². The standard InChI is InChI=1S/C15H24N2O2/c1-12-3-5-14(6-4-12)18-9-7-17-8-10-19-15(11-17)13(2)16/h3-6,13,15H,7-11,16H2,1-2H3. The molecule has 1 aliphatic rings. The summed E-state index contributed by atoms with van der Waals surface area (Å²) in [5, 5.41) is 0. The zero-order valence-electron chi connectivity index (χ0n) is 11.8. The lowest BCUT2D eigenvalue weighted by Gasteiger charge is -2.34. The molecule has 2 rings (SSSR count). The Hall–Kier alpha value is -1.10. The first-order valence-electron chi connectivity index (χ1n) is 6.94. The Morgan fingerprint density at radius 1 is 1.42 bits per heavy atom. The fourth-order valence-electron chi connectivity index (χ4n) is 2.18. The van der Waals surface area contributed by atoms with E-state index in [-0.39, 0.29) is 12.1 Å². The van der Waals surface area contributed by atoms with Crippen LogP contribution in [0.5, 0.6) is 5.75 Å². The average Bonchev–Trinajstić information content (AvgIpc) is 2.41. The molecule has 0 amide bonds. The number of ether oxygens (including phenoxy) is 2. The molecule has 0 aliphatic carbocycles. The van der Waals surface area contributed by atoms with Crippen LogP contribution < -0.4 is 10.5 Å². The monoisotopic (exact) mass is 264 g/mol. The number of benzene rings is 1. The van der Waals surface area contributed by atoms with Gasteiger partial charge in [0.15, 0.2) is 0 Å². The van der Waals surface area contributed by atoms with Crippen molar-refractivity contribution in [2.45, 2.75) is 26.0 Å². The van der Waals surface area contributed by atoms with E-state index in [9.17, 15) is 0 Å². The number of rotatable bonds is 5. The Morgan fingerprint density at radius 2 is 2.16 bits per heavy atom. The third-order valence-electron chi connectivity index (χ3n) is 3.46. The molecule has 0 spiro atoms. The van der Waals surface area contributed by atoms with Gasteiger partial charge in [0, 0.05) is 25.7 Å². The molecule has 1 heterocycles. The van der Waals surface area contributed by atoms with E-state index in [4.69, 9.17) is 15.2 Å². The van der Waals surface area contributed by atoms with Gasteiger partial charge in [-0.1, -0.05) is 17.7 Å². The maximum Gasteiger partial charge on any atom is 0.119 e. The second-order valence-corrected chi connectivity index (χ2v) is 5.23. The van der Waals surface area contributed by atoms with Gasteiger partial charge in [0.1, 0.15) is 12.4 Å². The van der Waals surface area contributed by atoms with Crippen LogP contribution in [0.2, 0.25) is 0 Å². The van der Waals surface area contributed by atoms with E-state index >= 15 is 0 Å². The highest BCUT2D eigenvalue weighted by Gasteiger charge is 2.22. The predicted octanol–water partition coefficient (Wildman–Crippen LogP) is 1.42. The Morgan fingerprint density at radius 3 is 2.84 bits per heavy atom. The van der Waals surface area contributed by atoms with Crippen molar-refractivity contribution < 1.29 is 9.47 Å². The Balaban J connectivity index is 1.72. The number of morpholine rings is 1. The maximum absolute atomic E-state index is 5.88. The molecule has 2 unspecified atom stereocenters. The summed E-state index contributed by atoms with van der Waals surface area (Å²) in [7, 11) is 0. The molecule has 0 aromatic heterocycles. The van der Waals surface area contributed by atoms with Crippen molar-refractivity contribution in [3.05, 3.63) is 29.8 Å². The smallest absolute Gasteiger partial charge is 0.119 e. The predicted molar refractivity (Wildman–Crippen MR) is 76.5 cm³/mol. The molecule has 4 heteroatoms. The zero-order valence-corrected chi connectivity index (χ0v) is 11.8. The first-order chi connectivity index (χ1) is 9.15. The van der Waals surface area contributed by atoms with E-state index in [1.54, 1.807) is 0 Å². The molecule has 1 fully saturated rings. The largest absolute Gasteiger partial charge is 0.492 e. The summed E-state index contributed by atoms with van der Waals surface area (Å²) in [6.45, 7) is 8.31. The molecule has 1 saturated heterocycles. The summed E-state index contributed by atoms with van der Waals surface area (Å²) in [5.74, 6) is 0.933. The van der Waals surface area contributed by atoms with Crippen LogP contribution >= 0.6 is 0 Å². The normalized spacial score (nSPS) is 22.2. The molecular weight excluding hydrogens is 240 g/mol. The van der Waals surface area contributed by atoms with Gasteiger partial charge in [0.2, 0.25) is 0 Å². The minimum absolute atomic E-state index is 0.0841. The number of hydrogen-bond acceptors (Lipinski definition) is 4. The lowest BCUT2D eigenvalue weighted by atomic mass is 10.1. The molecule has 1 aliphatic heterocycles. The third kappa shape index (κ3) is 4.49. The third-order valence-corrected chi connectivity index (χ3v) is 3.46. The second-order valence-electron chi connectivity index (χ2n) is 5.23. The van der Waals surface area contributed by atoms with E-state index in [0.717, 1.165) is 32.0 Å². The van der Waals surface area contributed by atoms with Gasteiger partial charge in [0.05, 0.1) is 12.7 Å². The summed E-state index contributed by atoms with van der Waals surface area (Å²) < 4.78 is 11.4. The molecule has 106 valence electrons. The highest BCUT2D eigenvalue weighted by atomic mass is 16.5. The van der Waals surface area contributed by atoms with Crippen molar-refractivity contribution in [2.24, 2.45) is 5.73 Å². The first kappa shape index (κ1) is 14.3. The van der Waals surface area contributed by atoms with Crippen LogP contribution in [0, 0.1) is 6.92 Å². The molecule has 4 nitrogen and oxygen atoms in total. The van der Waals surface area contributed by atoms with Crippen LogP contribution in [0.15, 0.2) is 24.3 Å². The number of nitrogens with zero attached hydrogens (tertiary/aromatic N) is 1. The molecule has 0 bridgehead atoms. The van der Waals surface area contributed by atoms with Crippen LogP contribution in [0.4, 0.5) is 0 Å². The number of hydrogen-bond donors (Lipinski definition) is 1. The van der Waals surface area contributed by atoms with Gasteiger partial charge in [-0.2, -0.15) is 0 Å². The van der Waals surface area contributed by atoms with Crippen LogP contribution in [-0.4, -0.2) is 49.9 Å². The summed E-state index contributed by atoms with van der Waals surface area (Å²) in [5.41, 5.74) is 7.13. The zero-order chi connectivity index (χ0) is 13.7. The summed E-state index contributed by atoms with van der Waals surface area (Å²) >= 11 is 0. The van der Waals surface area contributed by atoms with Gasteiger partial charge >= 0.3 is 0 Å². The van der Waals surface area contributed by atoms with Crippen LogP contribution in [-0.2, 0) is 4.74 Å². The molecular formula is C15H24N2O2. The van der Waals surface area contributed by atoms with Crippen molar-refractivity contribution in [2.75, 3.05) is 32.8 Å². The fourth-order valence-corrected chi connectivity index (χ4v) is 2.18. The van der Waals surface area contributed by atoms with Gasteiger partial charge in [-0.05, 0) is 26.0 Å². The highest BCUT2D eigenvalue weighted by Crippen LogP contribution is 2.12. The molecule has 1 aromatic carbocycles. The number of nitrogens with two attached hydrogens (primary N) is 1. The van der Waals surface area contributed by atoms with Crippen LogP contribution in [0.3, 0.4) is 0 Å². The van der Waals surface area contributed by atoms with Gasteiger partial charge in [-0.15, -0.1) is 0 Å². The first-order valence-corrected chi connectivity index (χ1v) is 6.94. The summed E-state index contributed by atoms with van der Waals surface area (Å²) in [6.07, 6.45) is 0.146. The molecule has 0 radical (unpaired) electrons. The van der Waals surface area contributed by atoms with Crippen molar-refractivity contribution in [3.8, 4) is 5.75 Å². The molecule has 1 aromatic rings. The molecule has 19 heavy (non-hydrogen) atoms. The summed E-state index contributed by atoms with van der Waals surface area (Å²) in [4.78, 5) is 2.35. The van der Waals surface area contributed by atoms with Crippen molar-refractivity contribution in [3.63, 3.8) is 0 Å². The van der Waals surface area contributed by atoms with Gasteiger partial charge in [-0.25, -0.2) is 0 Å². The van der Waals surface area contributed by atoms with Crippen molar-refractivity contribution >= 4 is 0 Å². The minimum atomic E-state index is 0.0841. The highest BCUT2D eigenvalue weighted by molar-refractivity contribution is 5.26. The van der Waals surface area contributed by atoms with Gasteiger partial charge < -0.3 is 15.2 Å². The minimum Gasteiger partial charge on any atom is -0.492 e. The van der Waals surface area contributed by atoms with Gasteiger partial charge in [-0.3, -0.25) is 4.90 Å². The quantitative estimate of drug-likeness (QED) is 0.874. The Bertz CT molecular complexity index is 378. The van der Waals surface area contributed by atoms with Crippen LogP contribution in [0.1, 0.15) is 12.5 Å². The molecule has 2 N–H and O–H groups in total. The van der Waals surface area contributed by atoms with E-state index in [0.29, 0.717) is 6.61 Å². The lowest BCUT2D eigenvalue weighted by molar-refractivity contribution is -0.0402. The maximum atomic E-state index is 5.88. The summed E-state index contributed by atoms with van der Waals surface area (Å²) in [6, 6.07) is 8.24. The van der Waals surface area contributed by atoms with E-state index in [1.807, 2.05) is 19.1 Å². The van der Waals surface area contributed by atoms with Crippen LogP contribution in [0.25, 0.3) is 0 Å². The molecule has 0 saturated carbocycles.